The lowest BCUT2D eigenvalue weighted by atomic mass is 10.0. The summed E-state index contributed by atoms with van der Waals surface area (Å²) >= 11 is 11.8. The molecule has 2 aromatic rings. The summed E-state index contributed by atoms with van der Waals surface area (Å²) < 4.78 is 0. The van der Waals surface area contributed by atoms with Crippen molar-refractivity contribution in [2.75, 3.05) is 0 Å². The molecule has 1 heterocycles. The maximum absolute atomic E-state index is 11.3. The fraction of sp³-hybridized carbons (Fsp3) is 0.0833. The van der Waals surface area contributed by atoms with Gasteiger partial charge in [-0.2, -0.15) is 0 Å². The van der Waals surface area contributed by atoms with Crippen molar-refractivity contribution in [2.45, 2.75) is 6.92 Å². The maximum Gasteiger partial charge on any atom is 0.248 e. The Morgan fingerprint density at radius 3 is 2.56 bits per heavy atom. The van der Waals surface area contributed by atoms with Crippen LogP contribution in [-0.4, -0.2) is 4.98 Å². The van der Waals surface area contributed by atoms with Crippen LogP contribution in [0.15, 0.2) is 35.3 Å². The largest absolute Gasteiger partial charge is 0.329 e. The quantitative estimate of drug-likeness (QED) is 0.827. The van der Waals surface area contributed by atoms with E-state index in [2.05, 4.69) is 4.98 Å². The van der Waals surface area contributed by atoms with Crippen LogP contribution in [0, 0.1) is 6.92 Å². The predicted molar refractivity (Wildman–Crippen MR) is 67.3 cm³/mol. The summed E-state index contributed by atoms with van der Waals surface area (Å²) in [5.74, 6) is 0. The normalized spacial score (nSPS) is 10.4. The molecule has 0 radical (unpaired) electrons. The van der Waals surface area contributed by atoms with Crippen LogP contribution in [0.5, 0.6) is 0 Å². The summed E-state index contributed by atoms with van der Waals surface area (Å²) in [6, 6.07) is 6.87. The number of rotatable bonds is 1. The Labute approximate surface area is 103 Å². The second-order valence-electron chi connectivity index (χ2n) is 3.52. The van der Waals surface area contributed by atoms with Crippen LogP contribution in [0.4, 0.5) is 0 Å². The zero-order valence-electron chi connectivity index (χ0n) is 8.55. The molecule has 0 aliphatic rings. The molecule has 0 amide bonds. The van der Waals surface area contributed by atoms with Crippen molar-refractivity contribution in [3.63, 3.8) is 0 Å². The molecule has 1 N–H and O–H groups in total. The van der Waals surface area contributed by atoms with Gasteiger partial charge in [0.25, 0.3) is 0 Å². The second-order valence-corrected chi connectivity index (χ2v) is 4.34. The number of H-pyrrole nitrogens is 1. The Morgan fingerprint density at radius 1 is 1.12 bits per heavy atom. The van der Waals surface area contributed by atoms with Gasteiger partial charge in [0.05, 0.1) is 10.0 Å². The number of halogens is 2. The molecule has 0 atom stereocenters. The summed E-state index contributed by atoms with van der Waals surface area (Å²) in [5, 5.41) is 0.992. The highest BCUT2D eigenvalue weighted by atomic mass is 35.5. The Bertz CT molecular complexity index is 590. The van der Waals surface area contributed by atoms with Gasteiger partial charge in [0.1, 0.15) is 0 Å². The minimum atomic E-state index is -0.133. The minimum Gasteiger partial charge on any atom is -0.329 e. The standard InChI is InChI=1S/C12H9Cl2NO/c1-7-6-15-12(16)5-9(7)8-2-3-10(13)11(14)4-8/h2-6H,1H3,(H,15,16). The average molecular weight is 254 g/mol. The first kappa shape index (κ1) is 11.2. The molecule has 4 heteroatoms. The zero-order chi connectivity index (χ0) is 11.7. The van der Waals surface area contributed by atoms with E-state index in [1.54, 1.807) is 24.4 Å². The van der Waals surface area contributed by atoms with Gasteiger partial charge < -0.3 is 4.98 Å². The molecule has 0 unspecified atom stereocenters. The highest BCUT2D eigenvalue weighted by molar-refractivity contribution is 6.42. The molecular weight excluding hydrogens is 245 g/mol. The van der Waals surface area contributed by atoms with Crippen molar-refractivity contribution in [3.05, 3.63) is 56.4 Å². The second kappa shape index (κ2) is 4.32. The van der Waals surface area contributed by atoms with Crippen molar-refractivity contribution in [3.8, 4) is 11.1 Å². The van der Waals surface area contributed by atoms with Gasteiger partial charge in [0.15, 0.2) is 0 Å². The number of hydrogen-bond acceptors (Lipinski definition) is 1. The fourth-order valence-electron chi connectivity index (χ4n) is 1.52. The van der Waals surface area contributed by atoms with Crippen LogP contribution in [0.25, 0.3) is 11.1 Å². The van der Waals surface area contributed by atoms with E-state index >= 15 is 0 Å². The van der Waals surface area contributed by atoms with Crippen molar-refractivity contribution in [1.29, 1.82) is 0 Å². The maximum atomic E-state index is 11.3. The first-order valence-corrected chi connectivity index (χ1v) is 5.48. The van der Waals surface area contributed by atoms with E-state index in [1.165, 1.54) is 0 Å². The van der Waals surface area contributed by atoms with E-state index in [-0.39, 0.29) is 5.56 Å². The SMILES string of the molecule is Cc1c[nH]c(=O)cc1-c1ccc(Cl)c(Cl)c1. The molecule has 0 saturated carbocycles. The Balaban J connectivity index is 2.62. The molecule has 2 rings (SSSR count). The third kappa shape index (κ3) is 2.13. The molecule has 0 aliphatic heterocycles. The number of nitrogens with one attached hydrogen (secondary N) is 1. The van der Waals surface area contributed by atoms with Gasteiger partial charge in [-0.1, -0.05) is 29.3 Å². The fourth-order valence-corrected chi connectivity index (χ4v) is 1.82. The van der Waals surface area contributed by atoms with Crippen LogP contribution < -0.4 is 5.56 Å². The topological polar surface area (TPSA) is 32.9 Å². The summed E-state index contributed by atoms with van der Waals surface area (Å²) in [6.45, 7) is 1.92. The first-order valence-electron chi connectivity index (χ1n) is 4.72. The molecule has 0 spiro atoms. The molecule has 0 aliphatic carbocycles. The molecule has 2 nitrogen and oxygen atoms in total. The van der Waals surface area contributed by atoms with Crippen molar-refractivity contribution in [2.24, 2.45) is 0 Å². The van der Waals surface area contributed by atoms with E-state index in [9.17, 15) is 4.79 Å². The Morgan fingerprint density at radius 2 is 1.88 bits per heavy atom. The third-order valence-electron chi connectivity index (χ3n) is 2.36. The molecule has 0 bridgehead atoms. The summed E-state index contributed by atoms with van der Waals surface area (Å²) in [6.07, 6.45) is 1.68. The van der Waals surface area contributed by atoms with Crippen LogP contribution in [-0.2, 0) is 0 Å². The van der Waals surface area contributed by atoms with Gasteiger partial charge in [0, 0.05) is 12.3 Å². The van der Waals surface area contributed by atoms with Crippen molar-refractivity contribution >= 4 is 23.2 Å². The van der Waals surface area contributed by atoms with Gasteiger partial charge in [-0.25, -0.2) is 0 Å². The molecular formula is C12H9Cl2NO. The van der Waals surface area contributed by atoms with Crippen molar-refractivity contribution in [1.82, 2.24) is 4.98 Å². The monoisotopic (exact) mass is 253 g/mol. The van der Waals surface area contributed by atoms with Crippen molar-refractivity contribution < 1.29 is 0 Å². The molecule has 16 heavy (non-hydrogen) atoms. The highest BCUT2D eigenvalue weighted by Crippen LogP contribution is 2.29. The molecule has 1 aromatic carbocycles. The van der Waals surface area contributed by atoms with Gasteiger partial charge in [-0.3, -0.25) is 4.79 Å². The van der Waals surface area contributed by atoms with Crippen LogP contribution in [0.2, 0.25) is 10.0 Å². The number of aromatic nitrogens is 1. The van der Waals surface area contributed by atoms with E-state index in [4.69, 9.17) is 23.2 Å². The third-order valence-corrected chi connectivity index (χ3v) is 3.10. The average Bonchev–Trinajstić information content (AvgIpc) is 2.26. The zero-order valence-corrected chi connectivity index (χ0v) is 10.1. The first-order chi connectivity index (χ1) is 7.58. The number of hydrogen-bond donors (Lipinski definition) is 1. The van der Waals surface area contributed by atoms with E-state index in [0.29, 0.717) is 10.0 Å². The minimum absolute atomic E-state index is 0.133. The number of benzene rings is 1. The molecule has 0 saturated heterocycles. The van der Waals surface area contributed by atoms with E-state index < -0.39 is 0 Å². The van der Waals surface area contributed by atoms with Crippen LogP contribution in [0.1, 0.15) is 5.56 Å². The predicted octanol–water partition coefficient (Wildman–Crippen LogP) is 3.66. The lowest BCUT2D eigenvalue weighted by Crippen LogP contribution is -2.04. The Kier molecular flexibility index (Phi) is 3.03. The number of aryl methyl sites for hydroxylation is 1. The van der Waals surface area contributed by atoms with Crippen LogP contribution in [0.3, 0.4) is 0 Å². The smallest absolute Gasteiger partial charge is 0.248 e. The summed E-state index contributed by atoms with van der Waals surface area (Å²) in [7, 11) is 0. The van der Waals surface area contributed by atoms with Gasteiger partial charge in [-0.05, 0) is 35.7 Å². The summed E-state index contributed by atoms with van der Waals surface area (Å²) in [4.78, 5) is 13.9. The van der Waals surface area contributed by atoms with Gasteiger partial charge >= 0.3 is 0 Å². The van der Waals surface area contributed by atoms with E-state index in [0.717, 1.165) is 16.7 Å². The Hall–Kier alpha value is -1.25. The molecule has 82 valence electrons. The highest BCUT2D eigenvalue weighted by Gasteiger charge is 2.05. The molecule has 0 fully saturated rings. The van der Waals surface area contributed by atoms with E-state index in [1.807, 2.05) is 13.0 Å². The van der Waals surface area contributed by atoms with Gasteiger partial charge in [-0.15, -0.1) is 0 Å². The van der Waals surface area contributed by atoms with Gasteiger partial charge in [0.2, 0.25) is 5.56 Å². The number of pyridine rings is 1. The van der Waals surface area contributed by atoms with Crippen LogP contribution >= 0.6 is 23.2 Å². The lowest BCUT2D eigenvalue weighted by molar-refractivity contribution is 1.20. The molecule has 1 aromatic heterocycles. The summed E-state index contributed by atoms with van der Waals surface area (Å²) in [5.41, 5.74) is 2.60. The lowest BCUT2D eigenvalue weighted by Gasteiger charge is -2.06. The number of aromatic amines is 1.